The van der Waals surface area contributed by atoms with E-state index in [1.165, 1.54) is 6.20 Å². The Hall–Kier alpha value is -0.286. The van der Waals surface area contributed by atoms with Crippen LogP contribution in [0, 0.1) is 0 Å². The number of hydrogen-bond acceptors (Lipinski definition) is 7. The molecule has 0 saturated carbocycles. The molecule has 1 aliphatic rings. The quantitative estimate of drug-likeness (QED) is 0.345. The molecule has 1 aliphatic heterocycles. The van der Waals surface area contributed by atoms with Gasteiger partial charge in [-0.25, -0.2) is 0 Å². The van der Waals surface area contributed by atoms with Crippen LogP contribution >= 0.6 is 7.60 Å². The summed E-state index contributed by atoms with van der Waals surface area (Å²) in [5, 5.41) is 40.1. The van der Waals surface area contributed by atoms with Gasteiger partial charge >= 0.3 is 7.60 Å². The van der Waals surface area contributed by atoms with Crippen molar-refractivity contribution >= 4 is 7.60 Å². The Morgan fingerprint density at radius 1 is 1.18 bits per heavy atom. The van der Waals surface area contributed by atoms with E-state index in [2.05, 4.69) is 15.4 Å². The Balaban J connectivity index is 0.00000242. The average Bonchev–Trinajstić information content (AvgIpc) is 2.90. The van der Waals surface area contributed by atoms with Crippen molar-refractivity contribution in [3.63, 3.8) is 0 Å². The number of nitrogens with zero attached hydrogens (tertiary/aromatic N) is 3. The van der Waals surface area contributed by atoms with Crippen LogP contribution in [-0.2, 0) is 34.3 Å². The van der Waals surface area contributed by atoms with Gasteiger partial charge in [-0.2, -0.15) is 0 Å². The smallest absolute Gasteiger partial charge is 0.325 e. The molecule has 2 heterocycles. The standard InChI is InChI=1S/C10H17N3O7P.V/c14-8-6(1-2-21(17,18)19)20-7(9(15)10(8)16)3-5-4-11-13-12-5;/h4,6-10,14-16H,1-3H2,(H2-,11,12,13,17,18,19);/q-1;/t6?,7-,8-,9?,10?;/m1./s1. The second-order valence-corrected chi connectivity index (χ2v) is 6.77. The summed E-state index contributed by atoms with van der Waals surface area (Å²) in [6.45, 7) is 0. The molecule has 5 atom stereocenters. The van der Waals surface area contributed by atoms with E-state index in [-0.39, 0.29) is 31.4 Å². The zero-order valence-electron chi connectivity index (χ0n) is 11.4. The predicted molar refractivity (Wildman–Crippen MR) is 67.3 cm³/mol. The van der Waals surface area contributed by atoms with Crippen molar-refractivity contribution in [3.8, 4) is 0 Å². The van der Waals surface area contributed by atoms with Gasteiger partial charge in [0.05, 0.1) is 18.4 Å². The van der Waals surface area contributed by atoms with Gasteiger partial charge in [0.1, 0.15) is 18.3 Å². The molecule has 1 aromatic heterocycles. The van der Waals surface area contributed by atoms with Crippen LogP contribution < -0.4 is 5.10 Å². The molecule has 10 nitrogen and oxygen atoms in total. The van der Waals surface area contributed by atoms with Gasteiger partial charge < -0.3 is 40.0 Å². The molecular formula is C10H17N3O7PV-. The number of aliphatic hydroxyl groups is 3. The Kier molecular flexibility index (Phi) is 7.19. The van der Waals surface area contributed by atoms with Crippen molar-refractivity contribution in [1.29, 1.82) is 0 Å². The van der Waals surface area contributed by atoms with Gasteiger partial charge in [-0.3, -0.25) is 9.78 Å². The Morgan fingerprint density at radius 3 is 2.36 bits per heavy atom. The van der Waals surface area contributed by atoms with Gasteiger partial charge in [-0.05, 0) is 18.5 Å². The van der Waals surface area contributed by atoms with Crippen molar-refractivity contribution in [3.05, 3.63) is 11.9 Å². The van der Waals surface area contributed by atoms with E-state index < -0.39 is 44.3 Å². The van der Waals surface area contributed by atoms with Crippen LogP contribution in [0.2, 0.25) is 0 Å². The van der Waals surface area contributed by atoms with Crippen LogP contribution in [0.4, 0.5) is 0 Å². The summed E-state index contributed by atoms with van der Waals surface area (Å²) < 4.78 is 16.3. The predicted octanol–water partition coefficient (Wildman–Crippen LogP) is -2.61. The largest absolute Gasteiger partial charge is 0.388 e. The fraction of sp³-hybridized carbons (Fsp3) is 0.800. The van der Waals surface area contributed by atoms with Crippen molar-refractivity contribution in [1.82, 2.24) is 15.4 Å². The average molecular weight is 373 g/mol. The first-order valence-corrected chi connectivity index (χ1v) is 8.12. The van der Waals surface area contributed by atoms with Crippen LogP contribution in [-0.4, -0.2) is 72.1 Å². The number of hydrogen-bond donors (Lipinski definition) is 5. The topological polar surface area (TPSA) is 167 Å². The van der Waals surface area contributed by atoms with Crippen molar-refractivity contribution in [2.75, 3.05) is 6.16 Å². The molecule has 1 aromatic rings. The zero-order valence-corrected chi connectivity index (χ0v) is 13.7. The van der Waals surface area contributed by atoms with Crippen LogP contribution in [0.5, 0.6) is 0 Å². The van der Waals surface area contributed by atoms with Crippen molar-refractivity contribution in [2.24, 2.45) is 0 Å². The normalized spacial score (nSPS) is 32.5. The van der Waals surface area contributed by atoms with E-state index in [0.29, 0.717) is 5.69 Å². The van der Waals surface area contributed by atoms with Gasteiger partial charge in [-0.1, -0.05) is 6.20 Å². The zero-order chi connectivity index (χ0) is 15.6. The van der Waals surface area contributed by atoms with Gasteiger partial charge in [-0.15, -0.1) is 0 Å². The molecule has 3 unspecified atom stereocenters. The Labute approximate surface area is 137 Å². The minimum atomic E-state index is -4.24. The second kappa shape index (κ2) is 8.00. The van der Waals surface area contributed by atoms with E-state index in [9.17, 15) is 19.9 Å². The minimum Gasteiger partial charge on any atom is -0.388 e. The van der Waals surface area contributed by atoms with Crippen LogP contribution in [0.15, 0.2) is 6.20 Å². The molecule has 0 aromatic carbocycles. The SMILES string of the molecule is O=P(O)(O)CCC1O[C@H](Cc2c[n-]nn2)C(O)C(O)[C@@H]1O.[V]. The maximum atomic E-state index is 10.9. The van der Waals surface area contributed by atoms with E-state index in [0.717, 1.165) is 0 Å². The third kappa shape index (κ3) is 5.12. The molecule has 0 bridgehead atoms. The van der Waals surface area contributed by atoms with Gasteiger partial charge in [0, 0.05) is 18.6 Å². The maximum Gasteiger partial charge on any atom is 0.325 e. The summed E-state index contributed by atoms with van der Waals surface area (Å²) >= 11 is 0. The molecule has 22 heavy (non-hydrogen) atoms. The molecule has 1 saturated heterocycles. The van der Waals surface area contributed by atoms with E-state index in [1.54, 1.807) is 0 Å². The minimum absolute atomic E-state index is 0. The third-order valence-electron chi connectivity index (χ3n) is 3.36. The van der Waals surface area contributed by atoms with Gasteiger partial charge in [0.2, 0.25) is 0 Å². The fourth-order valence-corrected chi connectivity index (χ4v) is 2.82. The number of rotatable bonds is 5. The number of aromatic nitrogens is 3. The van der Waals surface area contributed by atoms with Gasteiger partial charge in [0.25, 0.3) is 0 Å². The van der Waals surface area contributed by atoms with E-state index in [4.69, 9.17) is 14.5 Å². The number of ether oxygens (including phenoxy) is 1. The summed E-state index contributed by atoms with van der Waals surface area (Å²) in [6.07, 6.45) is -5.24. The first kappa shape index (κ1) is 19.8. The molecule has 0 aliphatic carbocycles. The van der Waals surface area contributed by atoms with E-state index >= 15 is 0 Å². The third-order valence-corrected chi connectivity index (χ3v) is 4.20. The number of aliphatic hydroxyl groups excluding tert-OH is 3. The maximum absolute atomic E-state index is 10.9. The summed E-state index contributed by atoms with van der Waals surface area (Å²) in [5.41, 5.74) is 0.441. The molecule has 0 spiro atoms. The summed E-state index contributed by atoms with van der Waals surface area (Å²) in [6, 6.07) is 0. The van der Waals surface area contributed by atoms with Crippen molar-refractivity contribution in [2.45, 2.75) is 43.4 Å². The second-order valence-electron chi connectivity index (χ2n) is 4.99. The van der Waals surface area contributed by atoms with Crippen molar-refractivity contribution < 1.29 is 53.0 Å². The summed E-state index contributed by atoms with van der Waals surface area (Å²) in [4.78, 5) is 17.7. The van der Waals surface area contributed by atoms with Gasteiger partial charge in [0.15, 0.2) is 0 Å². The van der Waals surface area contributed by atoms with E-state index in [1.807, 2.05) is 0 Å². The molecular weight excluding hydrogens is 356 g/mol. The summed E-state index contributed by atoms with van der Waals surface area (Å²) in [5.74, 6) is 0. The molecule has 0 amide bonds. The molecule has 2 rings (SSSR count). The monoisotopic (exact) mass is 373 g/mol. The molecule has 125 valence electrons. The molecule has 1 fully saturated rings. The summed E-state index contributed by atoms with van der Waals surface area (Å²) in [7, 11) is -4.24. The Morgan fingerprint density at radius 2 is 1.82 bits per heavy atom. The fourth-order valence-electron chi connectivity index (χ4n) is 2.23. The first-order chi connectivity index (χ1) is 9.78. The van der Waals surface area contributed by atoms with Crippen LogP contribution in [0.25, 0.3) is 0 Å². The van der Waals surface area contributed by atoms with Crippen LogP contribution in [0.1, 0.15) is 12.1 Å². The molecule has 12 heteroatoms. The molecule has 1 radical (unpaired) electrons. The Bertz CT molecular complexity index is 499. The first-order valence-electron chi connectivity index (χ1n) is 6.32. The van der Waals surface area contributed by atoms with Crippen LogP contribution in [0.3, 0.4) is 0 Å². The molecule has 5 N–H and O–H groups in total.